The molecule has 0 aromatic heterocycles. The summed E-state index contributed by atoms with van der Waals surface area (Å²) in [6, 6.07) is 8.62. The van der Waals surface area contributed by atoms with Crippen LogP contribution in [0.25, 0.3) is 0 Å². The average Bonchev–Trinajstić information content (AvgIpc) is 2.33. The third-order valence-corrected chi connectivity index (χ3v) is 2.38. The molecule has 3 N–H and O–H groups in total. The van der Waals surface area contributed by atoms with Gasteiger partial charge in [-0.05, 0) is 5.56 Å². The standard InChI is InChI=1S/C12H15F3N2O/c13-12(14,15)7-6-11(18)17-8-10(16)9-4-2-1-3-5-9/h1-5,10H,6-8,16H2,(H,17,18). The number of amides is 1. The van der Waals surface area contributed by atoms with Crippen molar-refractivity contribution in [2.24, 2.45) is 5.73 Å². The van der Waals surface area contributed by atoms with Gasteiger partial charge in [0.1, 0.15) is 0 Å². The van der Waals surface area contributed by atoms with Gasteiger partial charge in [-0.2, -0.15) is 13.2 Å². The fourth-order valence-corrected chi connectivity index (χ4v) is 1.39. The molecule has 0 aliphatic carbocycles. The lowest BCUT2D eigenvalue weighted by atomic mass is 10.1. The first-order valence-electron chi connectivity index (χ1n) is 5.52. The van der Waals surface area contributed by atoms with Crippen molar-refractivity contribution < 1.29 is 18.0 Å². The molecule has 1 aromatic rings. The quantitative estimate of drug-likeness (QED) is 0.852. The lowest BCUT2D eigenvalue weighted by Crippen LogP contribution is -2.32. The number of halogens is 3. The number of nitrogens with one attached hydrogen (secondary N) is 1. The Labute approximate surface area is 103 Å². The smallest absolute Gasteiger partial charge is 0.354 e. The van der Waals surface area contributed by atoms with Crippen molar-refractivity contribution in [1.29, 1.82) is 0 Å². The van der Waals surface area contributed by atoms with E-state index in [9.17, 15) is 18.0 Å². The van der Waals surface area contributed by atoms with E-state index in [4.69, 9.17) is 5.73 Å². The minimum atomic E-state index is -4.31. The number of benzene rings is 1. The van der Waals surface area contributed by atoms with Crippen molar-refractivity contribution in [2.75, 3.05) is 6.54 Å². The fraction of sp³-hybridized carbons (Fsp3) is 0.417. The highest BCUT2D eigenvalue weighted by molar-refractivity contribution is 5.75. The van der Waals surface area contributed by atoms with E-state index in [2.05, 4.69) is 5.32 Å². The molecule has 0 fully saturated rings. The Morgan fingerprint density at radius 2 is 1.89 bits per heavy atom. The zero-order chi connectivity index (χ0) is 13.6. The van der Waals surface area contributed by atoms with Gasteiger partial charge in [-0.1, -0.05) is 30.3 Å². The van der Waals surface area contributed by atoms with Gasteiger partial charge in [0.05, 0.1) is 6.42 Å². The topological polar surface area (TPSA) is 55.1 Å². The summed E-state index contributed by atoms with van der Waals surface area (Å²) < 4.78 is 35.6. The van der Waals surface area contributed by atoms with Crippen LogP contribution in [0.15, 0.2) is 30.3 Å². The van der Waals surface area contributed by atoms with E-state index in [0.29, 0.717) is 0 Å². The van der Waals surface area contributed by atoms with Crippen LogP contribution in [0.2, 0.25) is 0 Å². The summed E-state index contributed by atoms with van der Waals surface area (Å²) in [5, 5.41) is 2.39. The Morgan fingerprint density at radius 1 is 1.28 bits per heavy atom. The van der Waals surface area contributed by atoms with Crippen molar-refractivity contribution >= 4 is 5.91 Å². The van der Waals surface area contributed by atoms with Crippen molar-refractivity contribution in [1.82, 2.24) is 5.32 Å². The molecule has 0 aliphatic heterocycles. The van der Waals surface area contributed by atoms with E-state index in [0.717, 1.165) is 5.56 Å². The van der Waals surface area contributed by atoms with Crippen LogP contribution in [0.5, 0.6) is 0 Å². The highest BCUT2D eigenvalue weighted by Gasteiger charge is 2.27. The molecule has 18 heavy (non-hydrogen) atoms. The predicted octanol–water partition coefficient (Wildman–Crippen LogP) is 2.15. The number of hydrogen-bond donors (Lipinski definition) is 2. The largest absolute Gasteiger partial charge is 0.389 e. The summed E-state index contributed by atoms with van der Waals surface area (Å²) in [6.07, 6.45) is -5.98. The SMILES string of the molecule is NC(CNC(=O)CCC(F)(F)F)c1ccccc1. The first-order valence-corrected chi connectivity index (χ1v) is 5.52. The third-order valence-electron chi connectivity index (χ3n) is 2.38. The van der Waals surface area contributed by atoms with Gasteiger partial charge in [0.25, 0.3) is 0 Å². The highest BCUT2D eigenvalue weighted by Crippen LogP contribution is 2.21. The molecule has 1 unspecified atom stereocenters. The second-order valence-corrected chi connectivity index (χ2v) is 3.94. The Hall–Kier alpha value is -1.56. The molecular formula is C12H15F3N2O. The monoisotopic (exact) mass is 260 g/mol. The van der Waals surface area contributed by atoms with Crippen LogP contribution in [0.4, 0.5) is 13.2 Å². The summed E-state index contributed by atoms with van der Waals surface area (Å²) in [4.78, 5) is 11.2. The van der Waals surface area contributed by atoms with E-state index >= 15 is 0 Å². The second-order valence-electron chi connectivity index (χ2n) is 3.94. The first kappa shape index (κ1) is 14.5. The van der Waals surface area contributed by atoms with E-state index in [-0.39, 0.29) is 6.54 Å². The molecule has 0 heterocycles. The summed E-state index contributed by atoms with van der Waals surface area (Å²) >= 11 is 0. The zero-order valence-electron chi connectivity index (χ0n) is 9.70. The van der Waals surface area contributed by atoms with Gasteiger partial charge in [-0.25, -0.2) is 0 Å². The number of hydrogen-bond acceptors (Lipinski definition) is 2. The minimum absolute atomic E-state index is 0.126. The van der Waals surface area contributed by atoms with E-state index in [1.165, 1.54) is 0 Å². The zero-order valence-corrected chi connectivity index (χ0v) is 9.70. The molecule has 1 aromatic carbocycles. The summed E-state index contributed by atoms with van der Waals surface area (Å²) in [5.41, 5.74) is 6.62. The molecule has 0 bridgehead atoms. The van der Waals surface area contributed by atoms with Crippen LogP contribution < -0.4 is 11.1 Å². The molecule has 0 saturated heterocycles. The normalized spacial score (nSPS) is 13.1. The lowest BCUT2D eigenvalue weighted by Gasteiger charge is -2.13. The Balaban J connectivity index is 2.31. The molecule has 100 valence electrons. The average molecular weight is 260 g/mol. The number of nitrogens with two attached hydrogens (primary N) is 1. The molecule has 0 saturated carbocycles. The van der Waals surface area contributed by atoms with Crippen LogP contribution in [0.1, 0.15) is 24.4 Å². The van der Waals surface area contributed by atoms with Crippen molar-refractivity contribution in [3.63, 3.8) is 0 Å². The second kappa shape index (κ2) is 6.39. The van der Waals surface area contributed by atoms with Crippen LogP contribution in [0, 0.1) is 0 Å². The van der Waals surface area contributed by atoms with Gasteiger partial charge in [0.15, 0.2) is 0 Å². The van der Waals surface area contributed by atoms with E-state index < -0.39 is 31.0 Å². The lowest BCUT2D eigenvalue weighted by molar-refractivity contribution is -0.144. The third kappa shape index (κ3) is 5.67. The van der Waals surface area contributed by atoms with Crippen molar-refractivity contribution in [3.8, 4) is 0 Å². The van der Waals surface area contributed by atoms with Crippen LogP contribution in [0.3, 0.4) is 0 Å². The molecule has 0 spiro atoms. The number of carbonyl (C=O) groups excluding carboxylic acids is 1. The number of rotatable bonds is 5. The maximum absolute atomic E-state index is 11.9. The van der Waals surface area contributed by atoms with Gasteiger partial charge in [-0.3, -0.25) is 4.79 Å². The molecule has 3 nitrogen and oxygen atoms in total. The number of alkyl halides is 3. The molecule has 0 aliphatic rings. The van der Waals surface area contributed by atoms with Gasteiger partial charge in [-0.15, -0.1) is 0 Å². The molecule has 1 amide bonds. The summed E-state index contributed by atoms with van der Waals surface area (Å²) in [5.74, 6) is -0.640. The maximum Gasteiger partial charge on any atom is 0.389 e. The van der Waals surface area contributed by atoms with Crippen molar-refractivity contribution in [3.05, 3.63) is 35.9 Å². The fourth-order valence-electron chi connectivity index (χ4n) is 1.39. The first-order chi connectivity index (χ1) is 8.38. The van der Waals surface area contributed by atoms with Gasteiger partial charge in [0.2, 0.25) is 5.91 Å². The Kier molecular flexibility index (Phi) is 5.15. The van der Waals surface area contributed by atoms with Crippen LogP contribution in [-0.4, -0.2) is 18.6 Å². The summed E-state index contributed by atoms with van der Waals surface area (Å²) in [7, 11) is 0. The van der Waals surface area contributed by atoms with Gasteiger partial charge >= 0.3 is 6.18 Å². The Morgan fingerprint density at radius 3 is 2.44 bits per heavy atom. The Bertz CT molecular complexity index is 379. The minimum Gasteiger partial charge on any atom is -0.354 e. The molecule has 1 atom stereocenters. The molecule has 1 rings (SSSR count). The summed E-state index contributed by atoms with van der Waals surface area (Å²) in [6.45, 7) is 0.126. The van der Waals surface area contributed by atoms with Gasteiger partial charge < -0.3 is 11.1 Å². The van der Waals surface area contributed by atoms with Crippen LogP contribution in [-0.2, 0) is 4.79 Å². The predicted molar refractivity (Wildman–Crippen MR) is 61.7 cm³/mol. The highest BCUT2D eigenvalue weighted by atomic mass is 19.4. The maximum atomic E-state index is 11.9. The van der Waals surface area contributed by atoms with Crippen molar-refractivity contribution in [2.45, 2.75) is 25.1 Å². The van der Waals surface area contributed by atoms with E-state index in [1.807, 2.05) is 6.07 Å². The number of carbonyl (C=O) groups is 1. The van der Waals surface area contributed by atoms with Gasteiger partial charge in [0, 0.05) is 19.0 Å². The molecule has 6 heteroatoms. The molecule has 0 radical (unpaired) electrons. The molecular weight excluding hydrogens is 245 g/mol. The van der Waals surface area contributed by atoms with E-state index in [1.54, 1.807) is 24.3 Å². The van der Waals surface area contributed by atoms with Crippen LogP contribution >= 0.6 is 0 Å².